The van der Waals surface area contributed by atoms with Crippen LogP contribution in [0.15, 0.2) is 42.5 Å². The minimum Gasteiger partial charge on any atom is -0.326 e. The van der Waals surface area contributed by atoms with Crippen LogP contribution in [0.2, 0.25) is 0 Å². The third kappa shape index (κ3) is 4.33. The van der Waals surface area contributed by atoms with Gasteiger partial charge in [-0.05, 0) is 43.2 Å². The average molecular weight is 386 g/mol. The molecule has 4 nitrogen and oxygen atoms in total. The molecule has 1 aliphatic rings. The number of rotatable bonds is 6. The molecule has 1 aliphatic heterocycles. The van der Waals surface area contributed by atoms with Gasteiger partial charge in [-0.2, -0.15) is 0 Å². The van der Waals surface area contributed by atoms with Gasteiger partial charge in [0.05, 0.1) is 11.4 Å². The Morgan fingerprint density at radius 1 is 1.30 bits per heavy atom. The molecule has 1 atom stereocenters. The number of halogens is 1. The lowest BCUT2D eigenvalue weighted by molar-refractivity contribution is -0.117. The van der Waals surface area contributed by atoms with E-state index in [2.05, 4.69) is 5.32 Å². The molecule has 0 aliphatic carbocycles. The van der Waals surface area contributed by atoms with E-state index in [1.165, 1.54) is 17.8 Å². The molecule has 1 saturated heterocycles. The van der Waals surface area contributed by atoms with E-state index in [0.29, 0.717) is 29.1 Å². The molecule has 2 aromatic rings. The van der Waals surface area contributed by atoms with Crippen LogP contribution in [0.3, 0.4) is 0 Å². The van der Waals surface area contributed by atoms with Gasteiger partial charge in [0.1, 0.15) is 11.2 Å². The molecule has 1 unspecified atom stereocenters. The lowest BCUT2D eigenvalue weighted by Crippen LogP contribution is -2.28. The monoisotopic (exact) mass is 386 g/mol. The second-order valence-corrected chi connectivity index (χ2v) is 7.66. The Kier molecular flexibility index (Phi) is 6.16. The van der Waals surface area contributed by atoms with Crippen molar-refractivity contribution in [3.05, 3.63) is 59.4 Å². The first-order chi connectivity index (χ1) is 13.0. The van der Waals surface area contributed by atoms with Gasteiger partial charge in [-0.15, -0.1) is 11.8 Å². The summed E-state index contributed by atoms with van der Waals surface area (Å²) in [7, 11) is 0. The van der Waals surface area contributed by atoms with Crippen LogP contribution >= 0.6 is 11.8 Å². The van der Waals surface area contributed by atoms with Crippen LogP contribution in [-0.4, -0.2) is 17.6 Å². The molecule has 1 heterocycles. The van der Waals surface area contributed by atoms with Crippen molar-refractivity contribution in [2.45, 2.75) is 38.5 Å². The summed E-state index contributed by atoms with van der Waals surface area (Å²) < 4.78 is 14.0. The number of anilines is 2. The zero-order chi connectivity index (χ0) is 19.4. The minimum atomic E-state index is -0.326. The first-order valence-corrected chi connectivity index (χ1v) is 10.1. The third-order valence-electron chi connectivity index (χ3n) is 4.58. The number of carbonyl (C=O) groups is 2. The second kappa shape index (κ2) is 8.57. The van der Waals surface area contributed by atoms with Crippen LogP contribution in [0.4, 0.5) is 15.8 Å². The number of thioether (sulfide) groups is 1. The number of hydrogen-bond acceptors (Lipinski definition) is 3. The van der Waals surface area contributed by atoms with Crippen molar-refractivity contribution in [2.24, 2.45) is 0 Å². The summed E-state index contributed by atoms with van der Waals surface area (Å²) in [5.74, 6) is -0.0424. The third-order valence-corrected chi connectivity index (χ3v) is 5.79. The second-order valence-electron chi connectivity index (χ2n) is 6.59. The molecule has 3 rings (SSSR count). The molecule has 0 spiro atoms. The van der Waals surface area contributed by atoms with Crippen molar-refractivity contribution in [3.8, 4) is 0 Å². The summed E-state index contributed by atoms with van der Waals surface area (Å²) in [5.41, 5.74) is 2.67. The van der Waals surface area contributed by atoms with E-state index in [9.17, 15) is 14.0 Å². The summed E-state index contributed by atoms with van der Waals surface area (Å²) in [4.78, 5) is 26.2. The first-order valence-electron chi connectivity index (χ1n) is 9.10. The van der Waals surface area contributed by atoms with E-state index in [-0.39, 0.29) is 23.0 Å². The van der Waals surface area contributed by atoms with Crippen LogP contribution in [-0.2, 0) is 9.59 Å². The van der Waals surface area contributed by atoms with Gasteiger partial charge in [0, 0.05) is 17.7 Å². The van der Waals surface area contributed by atoms with Crippen LogP contribution in [0.1, 0.15) is 42.7 Å². The van der Waals surface area contributed by atoms with E-state index < -0.39 is 0 Å². The van der Waals surface area contributed by atoms with Crippen molar-refractivity contribution in [1.29, 1.82) is 0 Å². The number of benzene rings is 2. The van der Waals surface area contributed by atoms with Crippen LogP contribution < -0.4 is 10.2 Å². The van der Waals surface area contributed by atoms with Crippen LogP contribution in [0.25, 0.3) is 0 Å². The van der Waals surface area contributed by atoms with E-state index in [0.717, 1.165) is 18.4 Å². The first kappa shape index (κ1) is 19.4. The Morgan fingerprint density at radius 3 is 2.85 bits per heavy atom. The Morgan fingerprint density at radius 2 is 2.07 bits per heavy atom. The molecular formula is C21H23FN2O2S. The molecule has 2 amide bonds. The minimum absolute atomic E-state index is 0.0121. The van der Waals surface area contributed by atoms with Gasteiger partial charge >= 0.3 is 0 Å². The number of carbonyl (C=O) groups excluding carboxylic acids is 2. The number of nitrogens with one attached hydrogen (secondary N) is 1. The molecule has 1 N–H and O–H groups in total. The van der Waals surface area contributed by atoms with E-state index in [1.807, 2.05) is 31.2 Å². The lowest BCUT2D eigenvalue weighted by Gasteiger charge is -2.26. The average Bonchev–Trinajstić information content (AvgIpc) is 3.04. The van der Waals surface area contributed by atoms with Crippen molar-refractivity contribution in [1.82, 2.24) is 0 Å². The molecule has 27 heavy (non-hydrogen) atoms. The fourth-order valence-electron chi connectivity index (χ4n) is 3.12. The Labute approximate surface area is 163 Å². The molecular weight excluding hydrogens is 363 g/mol. The van der Waals surface area contributed by atoms with Crippen LogP contribution in [0, 0.1) is 12.7 Å². The highest BCUT2D eigenvalue weighted by molar-refractivity contribution is 8.00. The predicted octanol–water partition coefficient (Wildman–Crippen LogP) is 5.04. The maximum absolute atomic E-state index is 14.0. The van der Waals surface area contributed by atoms with Crippen molar-refractivity contribution < 1.29 is 14.0 Å². The highest BCUT2D eigenvalue weighted by Crippen LogP contribution is 2.43. The topological polar surface area (TPSA) is 49.4 Å². The number of hydrogen-bond donors (Lipinski definition) is 1. The zero-order valence-electron chi connectivity index (χ0n) is 15.5. The highest BCUT2D eigenvalue weighted by atomic mass is 32.2. The van der Waals surface area contributed by atoms with Gasteiger partial charge < -0.3 is 5.32 Å². The zero-order valence-corrected chi connectivity index (χ0v) is 16.3. The summed E-state index contributed by atoms with van der Waals surface area (Å²) in [5, 5.41) is 2.67. The molecule has 0 saturated carbocycles. The molecule has 0 bridgehead atoms. The van der Waals surface area contributed by atoms with Gasteiger partial charge in [-0.3, -0.25) is 14.5 Å². The van der Waals surface area contributed by atoms with E-state index in [1.54, 1.807) is 24.0 Å². The maximum Gasteiger partial charge on any atom is 0.238 e. The van der Waals surface area contributed by atoms with Gasteiger partial charge in [0.25, 0.3) is 0 Å². The predicted molar refractivity (Wildman–Crippen MR) is 108 cm³/mol. The Hall–Kier alpha value is -2.34. The van der Waals surface area contributed by atoms with Gasteiger partial charge in [-0.1, -0.05) is 31.5 Å². The van der Waals surface area contributed by atoms with Gasteiger partial charge in [-0.25, -0.2) is 4.39 Å². The quantitative estimate of drug-likeness (QED) is 0.756. The van der Waals surface area contributed by atoms with Crippen LogP contribution in [0.5, 0.6) is 0 Å². The Balaban J connectivity index is 1.86. The van der Waals surface area contributed by atoms with Crippen molar-refractivity contribution in [3.63, 3.8) is 0 Å². The van der Waals surface area contributed by atoms with E-state index >= 15 is 0 Å². The molecule has 1 fully saturated rings. The number of unbranched alkanes of at least 4 members (excludes halogenated alkanes) is 1. The standard InChI is InChI=1S/C21H23FN2O2S/c1-3-4-11-19(25)23-16-8-5-7-15(12-16)21-24(20(26)13-27-21)18-10-6-9-17(22)14(18)2/h5-10,12,21H,3-4,11,13H2,1-2H3,(H,23,25). The lowest BCUT2D eigenvalue weighted by atomic mass is 10.1. The molecule has 2 aromatic carbocycles. The highest BCUT2D eigenvalue weighted by Gasteiger charge is 2.35. The molecule has 142 valence electrons. The molecule has 0 aromatic heterocycles. The van der Waals surface area contributed by atoms with Gasteiger partial charge in [0.2, 0.25) is 11.8 Å². The van der Waals surface area contributed by atoms with E-state index in [4.69, 9.17) is 0 Å². The smallest absolute Gasteiger partial charge is 0.238 e. The summed E-state index contributed by atoms with van der Waals surface area (Å²) in [6.07, 6.45) is 2.31. The SMILES string of the molecule is CCCCC(=O)Nc1cccc(C2SCC(=O)N2c2cccc(F)c2C)c1. The Bertz CT molecular complexity index is 856. The normalized spacial score (nSPS) is 16.6. The number of amides is 2. The summed E-state index contributed by atoms with van der Waals surface area (Å²) in [6, 6.07) is 12.3. The summed E-state index contributed by atoms with van der Waals surface area (Å²) in [6.45, 7) is 3.73. The van der Waals surface area contributed by atoms with Crippen molar-refractivity contribution in [2.75, 3.05) is 16.0 Å². The molecule has 6 heteroatoms. The fraction of sp³-hybridized carbons (Fsp3) is 0.333. The number of nitrogens with zero attached hydrogens (tertiary/aromatic N) is 1. The summed E-state index contributed by atoms with van der Waals surface area (Å²) >= 11 is 1.50. The fourth-order valence-corrected chi connectivity index (χ4v) is 4.28. The largest absolute Gasteiger partial charge is 0.326 e. The maximum atomic E-state index is 14.0. The van der Waals surface area contributed by atoms with Crippen molar-refractivity contribution >= 4 is 35.0 Å². The van der Waals surface area contributed by atoms with Gasteiger partial charge in [0.15, 0.2) is 0 Å². The molecule has 0 radical (unpaired) electrons.